The summed E-state index contributed by atoms with van der Waals surface area (Å²) in [7, 11) is 0. The Morgan fingerprint density at radius 2 is 0.638 bits per heavy atom. The molecule has 0 unspecified atom stereocenters. The quantitative estimate of drug-likeness (QED) is 0.160. The van der Waals surface area contributed by atoms with Crippen molar-refractivity contribution in [2.75, 3.05) is 0 Å². The lowest BCUT2D eigenvalue weighted by atomic mass is 9.98. The summed E-state index contributed by atoms with van der Waals surface area (Å²) in [5.41, 5.74) is 15.7. The second-order valence-electron chi connectivity index (χ2n) is 17.6. The molecule has 10 aromatic carbocycles. The highest BCUT2D eigenvalue weighted by Gasteiger charge is 2.23. The van der Waals surface area contributed by atoms with Gasteiger partial charge >= 0.3 is 0 Å². The van der Waals surface area contributed by atoms with E-state index in [1.807, 2.05) is 60.7 Å². The Hall–Kier alpha value is -9.39. The number of benzene rings is 10. The number of aromatic nitrogens is 5. The first-order chi connectivity index (χ1) is 34.2. The molecule has 0 saturated carbocycles. The first kappa shape index (κ1) is 38.8. The van der Waals surface area contributed by atoms with Gasteiger partial charge in [-0.15, -0.1) is 0 Å². The number of fused-ring (bicyclic) bond motifs is 11. The highest BCUT2D eigenvalue weighted by atomic mass is 16.3. The minimum absolute atomic E-state index is 0.619. The lowest BCUT2D eigenvalue weighted by Gasteiger charge is -2.14. The molecule has 0 fully saturated rings. The number of para-hydroxylation sites is 2. The third kappa shape index (κ3) is 6.30. The zero-order chi connectivity index (χ0) is 45.4. The van der Waals surface area contributed by atoms with Gasteiger partial charge in [0.25, 0.3) is 0 Å². The van der Waals surface area contributed by atoms with E-state index in [4.69, 9.17) is 19.4 Å². The van der Waals surface area contributed by atoms with E-state index >= 15 is 0 Å². The van der Waals surface area contributed by atoms with Gasteiger partial charge < -0.3 is 13.6 Å². The summed E-state index contributed by atoms with van der Waals surface area (Å²) < 4.78 is 12.0. The van der Waals surface area contributed by atoms with Gasteiger partial charge in [-0.3, -0.25) is 0 Å². The van der Waals surface area contributed by atoms with Crippen LogP contribution in [-0.2, 0) is 0 Å². The van der Waals surface area contributed by atoms with Crippen molar-refractivity contribution in [2.45, 2.75) is 0 Å². The van der Waals surface area contributed by atoms with Gasteiger partial charge in [-0.2, -0.15) is 0 Å². The molecule has 14 rings (SSSR count). The average Bonchev–Trinajstić information content (AvgIpc) is 4.09. The smallest absolute Gasteiger partial charge is 0.164 e. The number of nitrogens with zero attached hydrogens (tertiary/aromatic N) is 5. The molecule has 6 heteroatoms. The summed E-state index contributed by atoms with van der Waals surface area (Å²) in [5, 5.41) is 6.64. The second kappa shape index (κ2) is 15.6. The SMILES string of the molecule is c1ccc(-c2cc(-c3ccccc3)cc(-n3c4ccccc4c4c5oc6c(ccc7c6c6ccccc6n7-c6ccc(-c7nc(-c8ccccc8)nc(-c8ccccc8)n7)cc6)c5ccc43)c2)cc1. The number of furan rings is 1. The molecule has 4 aromatic heterocycles. The fraction of sp³-hybridized carbons (Fsp3) is 0. The van der Waals surface area contributed by atoms with E-state index in [2.05, 4.69) is 185 Å². The van der Waals surface area contributed by atoms with E-state index in [0.29, 0.717) is 17.5 Å². The van der Waals surface area contributed by atoms with Crippen molar-refractivity contribution in [3.05, 3.63) is 237 Å². The van der Waals surface area contributed by atoms with Crippen molar-refractivity contribution < 1.29 is 4.42 Å². The molecule has 0 spiro atoms. The molecule has 0 N–H and O–H groups in total. The van der Waals surface area contributed by atoms with Crippen LogP contribution in [0.2, 0.25) is 0 Å². The number of hydrogen-bond acceptors (Lipinski definition) is 4. The van der Waals surface area contributed by atoms with Gasteiger partial charge in [0.2, 0.25) is 0 Å². The maximum absolute atomic E-state index is 7.30. The molecule has 69 heavy (non-hydrogen) atoms. The molecular weight excluding hydrogens is 843 g/mol. The first-order valence-electron chi connectivity index (χ1n) is 23.3. The van der Waals surface area contributed by atoms with Crippen molar-refractivity contribution in [1.82, 2.24) is 24.1 Å². The maximum atomic E-state index is 7.30. The molecule has 0 saturated heterocycles. The third-order valence-electron chi connectivity index (χ3n) is 13.5. The van der Waals surface area contributed by atoms with Gasteiger partial charge in [-0.25, -0.2) is 15.0 Å². The van der Waals surface area contributed by atoms with Gasteiger partial charge in [0.1, 0.15) is 11.2 Å². The molecule has 0 atom stereocenters. The average molecular weight is 882 g/mol. The van der Waals surface area contributed by atoms with Gasteiger partial charge in [-0.1, -0.05) is 158 Å². The van der Waals surface area contributed by atoms with E-state index in [-0.39, 0.29) is 0 Å². The molecule has 0 aliphatic carbocycles. The third-order valence-corrected chi connectivity index (χ3v) is 13.5. The standard InChI is InChI=1S/C63H39N5O/c1-5-17-40(18-6-1)45-37-46(41-19-7-2-8-20-41)39-48(38-45)68-54-28-16-14-26-52(54)58-56(68)36-34-50-49-33-35-55-57(59(49)69-60(50)58)51-25-13-15-27-53(51)67(55)47-31-29-44(30-32-47)63-65-61(42-21-9-3-10-22-42)64-62(66-63)43-23-11-4-12-24-43/h1-39H. The monoisotopic (exact) mass is 881 g/mol. The summed E-state index contributed by atoms with van der Waals surface area (Å²) in [6.07, 6.45) is 0. The fourth-order valence-corrected chi connectivity index (χ4v) is 10.4. The normalized spacial score (nSPS) is 11.8. The molecule has 0 aliphatic rings. The molecule has 0 amide bonds. The maximum Gasteiger partial charge on any atom is 0.164 e. The van der Waals surface area contributed by atoms with Crippen LogP contribution in [0.25, 0.3) is 133 Å². The number of rotatable bonds is 7. The largest absolute Gasteiger partial charge is 0.455 e. The van der Waals surface area contributed by atoms with Crippen LogP contribution in [0.3, 0.4) is 0 Å². The molecule has 0 aliphatic heterocycles. The van der Waals surface area contributed by atoms with Crippen molar-refractivity contribution in [1.29, 1.82) is 0 Å². The molecule has 6 nitrogen and oxygen atoms in total. The van der Waals surface area contributed by atoms with Crippen LogP contribution >= 0.6 is 0 Å². The molecule has 0 bridgehead atoms. The molecule has 14 aromatic rings. The Labute approximate surface area is 396 Å². The van der Waals surface area contributed by atoms with Gasteiger partial charge in [0, 0.05) is 49.6 Å². The lowest BCUT2D eigenvalue weighted by Crippen LogP contribution is -2.00. The minimum Gasteiger partial charge on any atom is -0.455 e. The summed E-state index contributed by atoms with van der Waals surface area (Å²) in [6, 6.07) is 83.3. The van der Waals surface area contributed by atoms with E-state index in [9.17, 15) is 0 Å². The van der Waals surface area contributed by atoms with E-state index in [1.165, 1.54) is 11.1 Å². The molecule has 0 radical (unpaired) electrons. The Morgan fingerprint density at radius 1 is 0.261 bits per heavy atom. The molecule has 322 valence electrons. The van der Waals surface area contributed by atoms with Crippen LogP contribution in [0.1, 0.15) is 0 Å². The fourth-order valence-electron chi connectivity index (χ4n) is 10.4. The Kier molecular flexibility index (Phi) is 8.79. The van der Waals surface area contributed by atoms with Gasteiger partial charge in [0.15, 0.2) is 17.5 Å². The number of hydrogen-bond donors (Lipinski definition) is 0. The van der Waals surface area contributed by atoms with Crippen LogP contribution in [0.15, 0.2) is 241 Å². The van der Waals surface area contributed by atoms with Crippen molar-refractivity contribution in [3.63, 3.8) is 0 Å². The van der Waals surface area contributed by atoms with E-state index in [0.717, 1.165) is 105 Å². The predicted molar refractivity (Wildman–Crippen MR) is 283 cm³/mol. The Bertz CT molecular complexity index is 4150. The molecular formula is C63H39N5O. The van der Waals surface area contributed by atoms with Crippen molar-refractivity contribution >= 4 is 65.6 Å². The Morgan fingerprint density at radius 3 is 1.09 bits per heavy atom. The van der Waals surface area contributed by atoms with Crippen LogP contribution in [0.4, 0.5) is 0 Å². The van der Waals surface area contributed by atoms with E-state index in [1.54, 1.807) is 0 Å². The Balaban J connectivity index is 0.940. The van der Waals surface area contributed by atoms with Crippen LogP contribution in [0.5, 0.6) is 0 Å². The molecule has 4 heterocycles. The summed E-state index contributed by atoms with van der Waals surface area (Å²) in [5.74, 6) is 1.89. The van der Waals surface area contributed by atoms with Gasteiger partial charge in [-0.05, 0) is 101 Å². The minimum atomic E-state index is 0.619. The second-order valence-corrected chi connectivity index (χ2v) is 17.6. The van der Waals surface area contributed by atoms with Crippen molar-refractivity contribution in [3.8, 4) is 67.8 Å². The van der Waals surface area contributed by atoms with Crippen LogP contribution < -0.4 is 0 Å². The summed E-state index contributed by atoms with van der Waals surface area (Å²) in [6.45, 7) is 0. The zero-order valence-corrected chi connectivity index (χ0v) is 37.2. The van der Waals surface area contributed by atoms with Crippen molar-refractivity contribution in [2.24, 2.45) is 0 Å². The highest BCUT2D eigenvalue weighted by molar-refractivity contribution is 6.29. The summed E-state index contributed by atoms with van der Waals surface area (Å²) >= 11 is 0. The topological polar surface area (TPSA) is 61.7 Å². The zero-order valence-electron chi connectivity index (χ0n) is 37.2. The van der Waals surface area contributed by atoms with E-state index < -0.39 is 0 Å². The summed E-state index contributed by atoms with van der Waals surface area (Å²) in [4.78, 5) is 14.9. The first-order valence-corrected chi connectivity index (χ1v) is 23.3. The predicted octanol–water partition coefficient (Wildman–Crippen LogP) is 16.3. The highest BCUT2D eigenvalue weighted by Crippen LogP contribution is 2.45. The van der Waals surface area contributed by atoms with Crippen LogP contribution in [0, 0.1) is 0 Å². The van der Waals surface area contributed by atoms with Crippen LogP contribution in [-0.4, -0.2) is 24.1 Å². The lowest BCUT2D eigenvalue weighted by molar-refractivity contribution is 0.677. The van der Waals surface area contributed by atoms with Gasteiger partial charge in [0.05, 0.1) is 32.8 Å².